The zero-order chi connectivity index (χ0) is 14.9. The van der Waals surface area contributed by atoms with Gasteiger partial charge in [0, 0.05) is 18.4 Å². The highest BCUT2D eigenvalue weighted by atomic mass is 16.5. The second-order valence-corrected chi connectivity index (χ2v) is 5.28. The second kappa shape index (κ2) is 8.34. The molecule has 1 N–H and O–H groups in total. The van der Waals surface area contributed by atoms with Crippen LogP contribution in [0.15, 0.2) is 18.6 Å². The maximum Gasteiger partial charge on any atom is 0.359 e. The minimum atomic E-state index is -0.629. The maximum absolute atomic E-state index is 11.8. The van der Waals surface area contributed by atoms with Crippen LogP contribution < -0.4 is 5.32 Å². The van der Waals surface area contributed by atoms with Crippen molar-refractivity contribution in [3.05, 3.63) is 24.3 Å². The first-order valence-corrected chi connectivity index (χ1v) is 7.48. The van der Waals surface area contributed by atoms with Crippen molar-refractivity contribution < 1.29 is 14.3 Å². The second-order valence-electron chi connectivity index (χ2n) is 5.28. The van der Waals surface area contributed by atoms with Crippen LogP contribution in [0, 0.1) is 0 Å². The molecular formula is C15H21N3O3. The van der Waals surface area contributed by atoms with E-state index in [1.165, 1.54) is 37.9 Å². The van der Waals surface area contributed by atoms with Crippen LogP contribution in [-0.4, -0.2) is 34.5 Å². The smallest absolute Gasteiger partial charge is 0.359 e. The number of carbonyl (C=O) groups excluding carboxylic acids is 2. The fourth-order valence-electron chi connectivity index (χ4n) is 2.48. The van der Waals surface area contributed by atoms with Crippen molar-refractivity contribution >= 4 is 11.9 Å². The van der Waals surface area contributed by atoms with Crippen molar-refractivity contribution in [2.75, 3.05) is 6.61 Å². The molecule has 0 spiro atoms. The Kier molecular flexibility index (Phi) is 6.12. The van der Waals surface area contributed by atoms with Crippen molar-refractivity contribution in [1.29, 1.82) is 0 Å². The van der Waals surface area contributed by atoms with E-state index in [1.807, 2.05) is 0 Å². The number of amides is 1. The lowest BCUT2D eigenvalue weighted by Crippen LogP contribution is -2.38. The van der Waals surface area contributed by atoms with Gasteiger partial charge in [0.15, 0.2) is 12.3 Å². The summed E-state index contributed by atoms with van der Waals surface area (Å²) in [5.74, 6) is -0.881. The number of nitrogens with one attached hydrogen (secondary N) is 1. The van der Waals surface area contributed by atoms with Crippen molar-refractivity contribution in [1.82, 2.24) is 15.3 Å². The largest absolute Gasteiger partial charge is 0.451 e. The molecule has 1 fully saturated rings. The molecule has 0 unspecified atom stereocenters. The van der Waals surface area contributed by atoms with Gasteiger partial charge in [0.25, 0.3) is 5.91 Å². The van der Waals surface area contributed by atoms with E-state index in [0.29, 0.717) is 0 Å². The summed E-state index contributed by atoms with van der Waals surface area (Å²) in [5.41, 5.74) is 0.108. The van der Waals surface area contributed by atoms with Gasteiger partial charge in [-0.05, 0) is 12.8 Å². The van der Waals surface area contributed by atoms with E-state index in [0.717, 1.165) is 25.7 Å². The molecule has 1 aromatic heterocycles. The summed E-state index contributed by atoms with van der Waals surface area (Å²) in [7, 11) is 0. The number of nitrogens with zero attached hydrogens (tertiary/aromatic N) is 2. The molecule has 2 rings (SSSR count). The van der Waals surface area contributed by atoms with Gasteiger partial charge >= 0.3 is 5.97 Å². The number of hydrogen-bond donors (Lipinski definition) is 1. The van der Waals surface area contributed by atoms with Crippen LogP contribution >= 0.6 is 0 Å². The quantitative estimate of drug-likeness (QED) is 0.856. The molecule has 6 nitrogen and oxygen atoms in total. The van der Waals surface area contributed by atoms with Crippen LogP contribution in [0.25, 0.3) is 0 Å². The van der Waals surface area contributed by atoms with Crippen molar-refractivity contribution in [3.63, 3.8) is 0 Å². The van der Waals surface area contributed by atoms with Crippen LogP contribution in [0.3, 0.4) is 0 Å². The summed E-state index contributed by atoms with van der Waals surface area (Å²) >= 11 is 0. The summed E-state index contributed by atoms with van der Waals surface area (Å²) in [6.07, 6.45) is 12.2. The highest BCUT2D eigenvalue weighted by Crippen LogP contribution is 2.16. The van der Waals surface area contributed by atoms with Gasteiger partial charge in [0.1, 0.15) is 0 Å². The molecule has 1 aliphatic carbocycles. The van der Waals surface area contributed by atoms with Crippen LogP contribution in [0.5, 0.6) is 0 Å². The van der Waals surface area contributed by atoms with Gasteiger partial charge < -0.3 is 10.1 Å². The van der Waals surface area contributed by atoms with E-state index in [2.05, 4.69) is 15.3 Å². The number of hydrogen-bond acceptors (Lipinski definition) is 5. The van der Waals surface area contributed by atoms with E-state index >= 15 is 0 Å². The van der Waals surface area contributed by atoms with E-state index in [9.17, 15) is 9.59 Å². The molecule has 0 saturated heterocycles. The summed E-state index contributed by atoms with van der Waals surface area (Å²) < 4.78 is 4.93. The maximum atomic E-state index is 11.8. The Morgan fingerprint density at radius 1 is 1.14 bits per heavy atom. The van der Waals surface area contributed by atoms with Crippen LogP contribution in [0.4, 0.5) is 0 Å². The Labute approximate surface area is 124 Å². The summed E-state index contributed by atoms with van der Waals surface area (Å²) in [4.78, 5) is 31.1. The van der Waals surface area contributed by atoms with Crippen LogP contribution in [-0.2, 0) is 9.53 Å². The van der Waals surface area contributed by atoms with Gasteiger partial charge in [-0.1, -0.05) is 32.1 Å². The van der Waals surface area contributed by atoms with E-state index in [1.54, 1.807) is 0 Å². The topological polar surface area (TPSA) is 81.2 Å². The zero-order valence-corrected chi connectivity index (χ0v) is 12.1. The van der Waals surface area contributed by atoms with Crippen molar-refractivity contribution in [2.45, 2.75) is 51.0 Å². The molecule has 0 atom stereocenters. The fourth-order valence-corrected chi connectivity index (χ4v) is 2.48. The van der Waals surface area contributed by atoms with Gasteiger partial charge in [-0.2, -0.15) is 0 Å². The molecule has 21 heavy (non-hydrogen) atoms. The molecule has 1 amide bonds. The van der Waals surface area contributed by atoms with Crippen LogP contribution in [0.1, 0.15) is 55.4 Å². The average molecular weight is 291 g/mol. The Morgan fingerprint density at radius 2 is 1.86 bits per heavy atom. The van der Waals surface area contributed by atoms with E-state index in [4.69, 9.17) is 4.74 Å². The fraction of sp³-hybridized carbons (Fsp3) is 0.600. The summed E-state index contributed by atoms with van der Waals surface area (Å²) in [5, 5.41) is 2.94. The SMILES string of the molecule is O=C(COC(=O)c1cnccn1)NC1CCCCCCC1. The third-order valence-corrected chi connectivity index (χ3v) is 3.58. The average Bonchev–Trinajstić information content (AvgIpc) is 2.48. The van der Waals surface area contributed by atoms with Gasteiger partial charge in [-0.15, -0.1) is 0 Å². The molecule has 1 heterocycles. The molecule has 1 aliphatic rings. The molecule has 0 radical (unpaired) electrons. The Balaban J connectivity index is 1.72. The number of aromatic nitrogens is 2. The molecule has 1 saturated carbocycles. The van der Waals surface area contributed by atoms with E-state index < -0.39 is 5.97 Å². The number of carbonyl (C=O) groups is 2. The van der Waals surface area contributed by atoms with Gasteiger partial charge in [-0.3, -0.25) is 9.78 Å². The molecule has 1 aromatic rings. The molecule has 114 valence electrons. The standard InChI is InChI=1S/C15H21N3O3/c19-14(18-12-6-4-2-1-3-5-7-12)11-21-15(20)13-10-16-8-9-17-13/h8-10,12H,1-7,11H2,(H,18,19). The van der Waals surface area contributed by atoms with Crippen LogP contribution in [0.2, 0.25) is 0 Å². The monoisotopic (exact) mass is 291 g/mol. The number of esters is 1. The minimum Gasteiger partial charge on any atom is -0.451 e. The van der Waals surface area contributed by atoms with Gasteiger partial charge in [0.2, 0.25) is 0 Å². The first-order chi connectivity index (χ1) is 10.3. The lowest BCUT2D eigenvalue weighted by atomic mass is 9.97. The highest BCUT2D eigenvalue weighted by molar-refractivity contribution is 5.89. The predicted molar refractivity (Wildman–Crippen MR) is 76.6 cm³/mol. The third-order valence-electron chi connectivity index (χ3n) is 3.58. The molecule has 0 bridgehead atoms. The lowest BCUT2D eigenvalue weighted by Gasteiger charge is -2.20. The highest BCUT2D eigenvalue weighted by Gasteiger charge is 2.16. The first-order valence-electron chi connectivity index (χ1n) is 7.48. The van der Waals surface area contributed by atoms with E-state index in [-0.39, 0.29) is 24.2 Å². The number of ether oxygens (including phenoxy) is 1. The Morgan fingerprint density at radius 3 is 2.52 bits per heavy atom. The zero-order valence-electron chi connectivity index (χ0n) is 12.1. The van der Waals surface area contributed by atoms with Crippen molar-refractivity contribution in [3.8, 4) is 0 Å². The molecular weight excluding hydrogens is 270 g/mol. The Bertz CT molecular complexity index is 456. The summed E-state index contributed by atoms with van der Waals surface area (Å²) in [6, 6.07) is 0.202. The Hall–Kier alpha value is -1.98. The molecule has 6 heteroatoms. The normalized spacial score (nSPS) is 16.6. The van der Waals surface area contributed by atoms with Gasteiger partial charge in [0.05, 0.1) is 6.20 Å². The predicted octanol–water partition coefficient (Wildman–Crippen LogP) is 1.86. The van der Waals surface area contributed by atoms with Crippen molar-refractivity contribution in [2.24, 2.45) is 0 Å². The molecule has 0 aromatic carbocycles. The minimum absolute atomic E-state index is 0.108. The third kappa shape index (κ3) is 5.49. The number of rotatable bonds is 4. The first kappa shape index (κ1) is 15.4. The molecule has 0 aliphatic heterocycles. The summed E-state index contributed by atoms with van der Waals surface area (Å²) in [6.45, 7) is -0.272. The van der Waals surface area contributed by atoms with Gasteiger partial charge in [-0.25, -0.2) is 9.78 Å². The lowest BCUT2D eigenvalue weighted by molar-refractivity contribution is -0.125.